The largest absolute Gasteiger partial charge is 0.344 e. The van der Waals surface area contributed by atoms with E-state index in [1.807, 2.05) is 0 Å². The highest BCUT2D eigenvalue weighted by Crippen LogP contribution is 2.54. The topological polar surface area (TPSA) is 27.7 Å². The van der Waals surface area contributed by atoms with Gasteiger partial charge in [0.15, 0.2) is 0 Å². The number of ether oxygens (including phenoxy) is 1. The van der Waals surface area contributed by atoms with Crippen LogP contribution in [0.5, 0.6) is 0 Å². The number of hydrogen-bond acceptors (Lipinski definition) is 3. The Labute approximate surface area is 150 Å². The van der Waals surface area contributed by atoms with Crippen molar-refractivity contribution in [2.45, 2.75) is 69.2 Å². The maximum Gasteiger partial charge on any atom is 0.204 e. The van der Waals surface area contributed by atoms with Gasteiger partial charge in [0, 0.05) is 12.3 Å². The monoisotopic (exact) mass is 340 g/mol. The van der Waals surface area contributed by atoms with Crippen molar-refractivity contribution in [2.75, 3.05) is 6.61 Å². The molecule has 1 spiro atoms. The molecule has 1 saturated heterocycles. The van der Waals surface area contributed by atoms with Crippen LogP contribution in [0.3, 0.4) is 0 Å². The maximum atomic E-state index is 6.21. The van der Waals surface area contributed by atoms with Gasteiger partial charge >= 0.3 is 0 Å². The summed E-state index contributed by atoms with van der Waals surface area (Å²) in [5.41, 5.74) is 3.55. The lowest BCUT2D eigenvalue weighted by molar-refractivity contribution is -0.488. The molecule has 25 heavy (non-hydrogen) atoms. The maximum absolute atomic E-state index is 6.21. The van der Waals surface area contributed by atoms with Crippen LogP contribution in [-0.4, -0.2) is 18.5 Å². The van der Waals surface area contributed by atoms with E-state index in [0.717, 1.165) is 29.4 Å². The average Bonchev–Trinajstić information content (AvgIpc) is 3.40. The molecule has 4 atom stereocenters. The highest BCUT2D eigenvalue weighted by molar-refractivity contribution is 5.67. The molecule has 1 aliphatic heterocycles. The molecule has 134 valence electrons. The Morgan fingerprint density at radius 2 is 1.84 bits per heavy atom. The van der Waals surface area contributed by atoms with Gasteiger partial charge in [-0.2, -0.15) is 0 Å². The van der Waals surface area contributed by atoms with Gasteiger partial charge in [-0.05, 0) is 60.6 Å². The molecule has 1 aromatic carbocycles. The van der Waals surface area contributed by atoms with Gasteiger partial charge in [0.25, 0.3) is 0 Å². The molecule has 3 aliphatic carbocycles. The van der Waals surface area contributed by atoms with Crippen LogP contribution < -0.4 is 0 Å². The third-order valence-corrected chi connectivity index (χ3v) is 7.02. The van der Waals surface area contributed by atoms with Gasteiger partial charge in [-0.1, -0.05) is 43.7 Å². The Balaban J connectivity index is 1.23. The van der Waals surface area contributed by atoms with Crippen LogP contribution in [0.25, 0.3) is 5.57 Å². The van der Waals surface area contributed by atoms with Crippen molar-refractivity contribution in [3.05, 3.63) is 42.0 Å². The van der Waals surface area contributed by atoms with E-state index in [4.69, 9.17) is 14.5 Å². The summed E-state index contributed by atoms with van der Waals surface area (Å²) in [5.74, 6) is 1.55. The van der Waals surface area contributed by atoms with Crippen molar-refractivity contribution in [1.82, 2.24) is 0 Å². The molecule has 5 rings (SSSR count). The van der Waals surface area contributed by atoms with Crippen molar-refractivity contribution < 1.29 is 14.5 Å². The summed E-state index contributed by atoms with van der Waals surface area (Å²) in [6.45, 7) is 4.80. The highest BCUT2D eigenvalue weighted by atomic mass is 17.2. The summed E-state index contributed by atoms with van der Waals surface area (Å²) >= 11 is 0. The third-order valence-electron chi connectivity index (χ3n) is 7.02. The number of rotatable bonds is 3. The lowest BCUT2D eigenvalue weighted by Gasteiger charge is -2.41. The smallest absolute Gasteiger partial charge is 0.204 e. The van der Waals surface area contributed by atoms with Crippen LogP contribution in [0.1, 0.15) is 68.4 Å². The Morgan fingerprint density at radius 1 is 1.04 bits per heavy atom. The molecule has 3 nitrogen and oxygen atoms in total. The van der Waals surface area contributed by atoms with E-state index < -0.39 is 5.79 Å². The summed E-state index contributed by atoms with van der Waals surface area (Å²) in [7, 11) is 0. The molecule has 1 aromatic rings. The molecule has 3 heteroatoms. The molecular weight excluding hydrogens is 312 g/mol. The number of hydrogen-bond donors (Lipinski definition) is 0. The van der Waals surface area contributed by atoms with E-state index in [-0.39, 0.29) is 6.10 Å². The molecule has 0 radical (unpaired) electrons. The van der Waals surface area contributed by atoms with Gasteiger partial charge in [-0.3, -0.25) is 0 Å². The van der Waals surface area contributed by atoms with Gasteiger partial charge in [0.05, 0.1) is 6.61 Å². The van der Waals surface area contributed by atoms with Crippen molar-refractivity contribution >= 4 is 5.57 Å². The van der Waals surface area contributed by atoms with Crippen LogP contribution in [0.15, 0.2) is 30.8 Å². The van der Waals surface area contributed by atoms with Crippen LogP contribution in [0.4, 0.5) is 0 Å². The summed E-state index contributed by atoms with van der Waals surface area (Å²) in [6, 6.07) is 8.89. The van der Waals surface area contributed by atoms with Gasteiger partial charge in [0.2, 0.25) is 5.79 Å². The predicted octanol–water partition coefficient (Wildman–Crippen LogP) is 5.22. The third kappa shape index (κ3) is 2.77. The van der Waals surface area contributed by atoms with Crippen LogP contribution in [-0.2, 0) is 14.5 Å². The van der Waals surface area contributed by atoms with E-state index in [0.29, 0.717) is 12.5 Å². The lowest BCUT2D eigenvalue weighted by Crippen LogP contribution is -2.48. The normalized spacial score (nSPS) is 37.8. The van der Waals surface area contributed by atoms with Gasteiger partial charge < -0.3 is 4.74 Å². The van der Waals surface area contributed by atoms with Crippen molar-refractivity contribution in [2.24, 2.45) is 11.8 Å². The standard InChI is InChI=1S/C22H28O3/c1-15(17-7-9-19(10-8-17)18-4-2-3-5-18)21-14-23-22(25-24-21)13-16-6-11-20(22)12-16/h7-10,16,18,20-21H,1-6,11-14H2. The van der Waals surface area contributed by atoms with Crippen molar-refractivity contribution in [3.8, 4) is 0 Å². The predicted molar refractivity (Wildman–Crippen MR) is 96.8 cm³/mol. The van der Waals surface area contributed by atoms with Gasteiger partial charge in [-0.25, -0.2) is 9.78 Å². The Hall–Kier alpha value is -1.16. The first-order valence-corrected chi connectivity index (χ1v) is 10.0. The quantitative estimate of drug-likeness (QED) is 0.706. The lowest BCUT2D eigenvalue weighted by atomic mass is 9.93. The fourth-order valence-electron chi connectivity index (χ4n) is 5.49. The SMILES string of the molecule is C=C(c1ccc(C2CCCC2)cc1)C1COC2(CC3CCC2C3)OO1. The van der Waals surface area contributed by atoms with Crippen molar-refractivity contribution in [3.63, 3.8) is 0 Å². The van der Waals surface area contributed by atoms with E-state index in [9.17, 15) is 0 Å². The zero-order chi connectivity index (χ0) is 16.9. The fraction of sp³-hybridized carbons (Fsp3) is 0.636. The molecule has 4 unspecified atom stereocenters. The first-order valence-electron chi connectivity index (χ1n) is 10.0. The molecule has 0 amide bonds. The van der Waals surface area contributed by atoms with Gasteiger partial charge in [-0.15, -0.1) is 0 Å². The Kier molecular flexibility index (Phi) is 3.99. The minimum atomic E-state index is -0.466. The van der Waals surface area contributed by atoms with Crippen molar-refractivity contribution in [1.29, 1.82) is 0 Å². The summed E-state index contributed by atoms with van der Waals surface area (Å²) < 4.78 is 6.21. The van der Waals surface area contributed by atoms with Crippen LogP contribution in [0.2, 0.25) is 0 Å². The number of fused-ring (bicyclic) bond motifs is 3. The molecule has 3 saturated carbocycles. The fourth-order valence-corrected chi connectivity index (χ4v) is 5.49. The minimum Gasteiger partial charge on any atom is -0.344 e. The summed E-state index contributed by atoms with van der Waals surface area (Å²) in [5, 5.41) is 0. The molecule has 1 heterocycles. The van der Waals surface area contributed by atoms with Crippen LogP contribution >= 0.6 is 0 Å². The summed E-state index contributed by atoms with van der Waals surface area (Å²) in [6.07, 6.45) is 9.95. The Morgan fingerprint density at radius 3 is 2.44 bits per heavy atom. The molecule has 4 aliphatic rings. The zero-order valence-electron chi connectivity index (χ0n) is 14.9. The molecular formula is C22H28O3. The van der Waals surface area contributed by atoms with E-state index >= 15 is 0 Å². The van der Waals surface area contributed by atoms with E-state index in [1.165, 1.54) is 50.5 Å². The van der Waals surface area contributed by atoms with Crippen LogP contribution in [0, 0.1) is 11.8 Å². The molecule has 2 bridgehead atoms. The summed E-state index contributed by atoms with van der Waals surface area (Å²) in [4.78, 5) is 11.6. The zero-order valence-corrected chi connectivity index (χ0v) is 14.9. The second-order valence-electron chi connectivity index (χ2n) is 8.50. The molecule has 0 N–H and O–H groups in total. The molecule has 4 fully saturated rings. The first kappa shape index (κ1) is 16.0. The molecule has 0 aromatic heterocycles. The second kappa shape index (κ2) is 6.22. The van der Waals surface area contributed by atoms with E-state index in [1.54, 1.807) is 0 Å². The Bertz CT molecular complexity index is 636. The minimum absolute atomic E-state index is 0.206. The van der Waals surface area contributed by atoms with E-state index in [2.05, 4.69) is 30.8 Å². The average molecular weight is 340 g/mol. The first-order chi connectivity index (χ1) is 12.2. The number of benzene rings is 1. The van der Waals surface area contributed by atoms with Gasteiger partial charge in [0.1, 0.15) is 6.10 Å². The highest BCUT2D eigenvalue weighted by Gasteiger charge is 2.56. The second-order valence-corrected chi connectivity index (χ2v) is 8.50.